The average molecular weight is 157 g/mol. The van der Waals surface area contributed by atoms with Crippen LogP contribution in [0.15, 0.2) is 24.5 Å². The molecule has 4 heteroatoms. The Morgan fingerprint density at radius 2 is 2.18 bits per heavy atom. The van der Waals surface area contributed by atoms with E-state index in [1.54, 1.807) is 6.92 Å². The molecule has 0 spiro atoms. The van der Waals surface area contributed by atoms with Gasteiger partial charge >= 0.3 is 0 Å². The van der Waals surface area contributed by atoms with Crippen molar-refractivity contribution in [2.75, 3.05) is 13.2 Å². The second-order valence-corrected chi connectivity index (χ2v) is 2.11. The Bertz CT molecular complexity index is 186. The van der Waals surface area contributed by atoms with Crippen molar-refractivity contribution in [2.24, 2.45) is 0 Å². The van der Waals surface area contributed by atoms with E-state index in [-0.39, 0.29) is 13.2 Å². The highest BCUT2D eigenvalue weighted by atomic mass is 16.6. The largest absolute Gasteiger partial charge is 0.487 e. The summed E-state index contributed by atoms with van der Waals surface area (Å²) in [6.07, 6.45) is 0. The first-order chi connectivity index (χ1) is 5.04. The summed E-state index contributed by atoms with van der Waals surface area (Å²) in [5.74, 6) is 0.409. The maximum atomic E-state index is 9.82. The van der Waals surface area contributed by atoms with Crippen LogP contribution in [0.5, 0.6) is 0 Å². The van der Waals surface area contributed by atoms with E-state index in [1.807, 2.05) is 0 Å². The number of nitro groups is 1. The standard InChI is InChI=1S/C7H11NO3/c1-6(2)7(3)11-5-4-8(9)10/h1,3-5H2,2H3. The van der Waals surface area contributed by atoms with Crippen LogP contribution in [0.3, 0.4) is 0 Å². The Morgan fingerprint density at radius 3 is 2.55 bits per heavy atom. The van der Waals surface area contributed by atoms with Gasteiger partial charge in [0.2, 0.25) is 6.54 Å². The fourth-order valence-electron chi connectivity index (χ4n) is 0.367. The van der Waals surface area contributed by atoms with Crippen molar-refractivity contribution in [1.82, 2.24) is 0 Å². The van der Waals surface area contributed by atoms with Crippen LogP contribution in [-0.2, 0) is 4.74 Å². The summed E-state index contributed by atoms with van der Waals surface area (Å²) < 4.78 is 4.88. The summed E-state index contributed by atoms with van der Waals surface area (Å²) in [4.78, 5) is 9.39. The molecule has 0 bridgehead atoms. The van der Waals surface area contributed by atoms with Crippen molar-refractivity contribution in [2.45, 2.75) is 6.92 Å². The Labute approximate surface area is 65.3 Å². The van der Waals surface area contributed by atoms with Gasteiger partial charge < -0.3 is 4.74 Å². The molecular formula is C7H11NO3. The molecule has 0 fully saturated rings. The van der Waals surface area contributed by atoms with Crippen LogP contribution in [0.2, 0.25) is 0 Å². The number of allylic oxidation sites excluding steroid dienone is 1. The summed E-state index contributed by atoms with van der Waals surface area (Å²) >= 11 is 0. The third-order valence-corrected chi connectivity index (χ3v) is 1.03. The Hall–Kier alpha value is -1.32. The van der Waals surface area contributed by atoms with Crippen LogP contribution < -0.4 is 0 Å². The van der Waals surface area contributed by atoms with Crippen molar-refractivity contribution in [3.63, 3.8) is 0 Å². The van der Waals surface area contributed by atoms with Crippen LogP contribution in [0.4, 0.5) is 0 Å². The molecule has 0 aromatic carbocycles. The van der Waals surface area contributed by atoms with Crippen LogP contribution in [0.25, 0.3) is 0 Å². The van der Waals surface area contributed by atoms with Gasteiger partial charge in [0.25, 0.3) is 0 Å². The zero-order valence-electron chi connectivity index (χ0n) is 6.50. The summed E-state index contributed by atoms with van der Waals surface area (Å²) in [6, 6.07) is 0. The molecule has 0 rings (SSSR count). The number of hydrogen-bond donors (Lipinski definition) is 0. The first-order valence-electron chi connectivity index (χ1n) is 3.13. The van der Waals surface area contributed by atoms with Gasteiger partial charge in [-0.3, -0.25) is 10.1 Å². The highest BCUT2D eigenvalue weighted by molar-refractivity contribution is 5.15. The minimum absolute atomic E-state index is 0.0543. The van der Waals surface area contributed by atoms with Gasteiger partial charge in [0.1, 0.15) is 5.76 Å². The van der Waals surface area contributed by atoms with Gasteiger partial charge in [0.15, 0.2) is 6.61 Å². The number of hydrogen-bond acceptors (Lipinski definition) is 3. The van der Waals surface area contributed by atoms with Gasteiger partial charge in [0, 0.05) is 4.92 Å². The van der Waals surface area contributed by atoms with Crippen molar-refractivity contribution >= 4 is 0 Å². The Morgan fingerprint density at radius 1 is 1.64 bits per heavy atom. The molecule has 0 aliphatic carbocycles. The summed E-state index contributed by atoms with van der Waals surface area (Å²) in [6.45, 7) is 8.65. The molecule has 0 radical (unpaired) electrons. The van der Waals surface area contributed by atoms with Crippen molar-refractivity contribution in [1.29, 1.82) is 0 Å². The lowest BCUT2D eigenvalue weighted by atomic mass is 10.3. The van der Waals surface area contributed by atoms with Gasteiger partial charge in [-0.2, -0.15) is 0 Å². The van der Waals surface area contributed by atoms with E-state index in [2.05, 4.69) is 13.2 Å². The molecule has 4 nitrogen and oxygen atoms in total. The number of ether oxygens (including phenoxy) is 1. The predicted molar refractivity (Wildman–Crippen MR) is 41.8 cm³/mol. The third kappa shape index (κ3) is 5.14. The number of rotatable bonds is 5. The zero-order chi connectivity index (χ0) is 8.85. The lowest BCUT2D eigenvalue weighted by Gasteiger charge is -2.04. The SMILES string of the molecule is C=C(C)C(=C)OCC[N+](=O)[O-]. The average Bonchev–Trinajstić information content (AvgIpc) is 1.86. The predicted octanol–water partition coefficient (Wildman–Crippen LogP) is 1.37. The van der Waals surface area contributed by atoms with Gasteiger partial charge in [-0.05, 0) is 12.5 Å². The van der Waals surface area contributed by atoms with Crippen LogP contribution in [0.1, 0.15) is 6.92 Å². The normalized spacial score (nSPS) is 8.82. The van der Waals surface area contributed by atoms with E-state index in [0.717, 1.165) is 0 Å². The third-order valence-electron chi connectivity index (χ3n) is 1.03. The molecule has 0 unspecified atom stereocenters. The maximum Gasteiger partial charge on any atom is 0.237 e. The molecule has 0 aliphatic rings. The molecule has 62 valence electrons. The van der Waals surface area contributed by atoms with E-state index < -0.39 is 4.92 Å². The maximum absolute atomic E-state index is 9.82. The van der Waals surface area contributed by atoms with E-state index in [0.29, 0.717) is 11.3 Å². The lowest BCUT2D eigenvalue weighted by molar-refractivity contribution is -0.482. The molecule has 11 heavy (non-hydrogen) atoms. The van der Waals surface area contributed by atoms with Crippen molar-refractivity contribution < 1.29 is 9.66 Å². The van der Waals surface area contributed by atoms with Crippen molar-refractivity contribution in [3.8, 4) is 0 Å². The number of nitrogens with zero attached hydrogens (tertiary/aromatic N) is 1. The highest BCUT2D eigenvalue weighted by Crippen LogP contribution is 2.03. The summed E-state index contributed by atoms with van der Waals surface area (Å²) in [7, 11) is 0. The highest BCUT2D eigenvalue weighted by Gasteiger charge is 1.99. The van der Waals surface area contributed by atoms with Crippen LogP contribution in [-0.4, -0.2) is 18.1 Å². The van der Waals surface area contributed by atoms with E-state index in [4.69, 9.17) is 4.74 Å². The first-order valence-corrected chi connectivity index (χ1v) is 3.13. The molecule has 0 aromatic heterocycles. The fraction of sp³-hybridized carbons (Fsp3) is 0.429. The monoisotopic (exact) mass is 157 g/mol. The van der Waals surface area contributed by atoms with E-state index in [9.17, 15) is 10.1 Å². The van der Waals surface area contributed by atoms with Gasteiger partial charge in [-0.15, -0.1) is 0 Å². The molecule has 0 heterocycles. The van der Waals surface area contributed by atoms with Crippen LogP contribution in [0, 0.1) is 10.1 Å². The minimum Gasteiger partial charge on any atom is -0.487 e. The molecule has 0 amide bonds. The second kappa shape index (κ2) is 4.49. The molecular weight excluding hydrogens is 146 g/mol. The quantitative estimate of drug-likeness (QED) is 0.262. The van der Waals surface area contributed by atoms with Crippen LogP contribution >= 0.6 is 0 Å². The molecule has 0 saturated carbocycles. The topological polar surface area (TPSA) is 52.4 Å². The molecule has 0 saturated heterocycles. The molecule has 0 aromatic rings. The second-order valence-electron chi connectivity index (χ2n) is 2.11. The summed E-state index contributed by atoms with van der Waals surface area (Å²) in [5.41, 5.74) is 0.688. The van der Waals surface area contributed by atoms with E-state index in [1.165, 1.54) is 0 Å². The Balaban J connectivity index is 3.47. The van der Waals surface area contributed by atoms with Gasteiger partial charge in [-0.1, -0.05) is 13.2 Å². The minimum atomic E-state index is -0.439. The zero-order valence-corrected chi connectivity index (χ0v) is 6.50. The van der Waals surface area contributed by atoms with Gasteiger partial charge in [-0.25, -0.2) is 0 Å². The lowest BCUT2D eigenvalue weighted by Crippen LogP contribution is -2.08. The first kappa shape index (κ1) is 9.68. The van der Waals surface area contributed by atoms with Crippen molar-refractivity contribution in [3.05, 3.63) is 34.6 Å². The Kier molecular flexibility index (Phi) is 3.95. The molecule has 0 atom stereocenters. The smallest absolute Gasteiger partial charge is 0.237 e. The molecule has 0 N–H and O–H groups in total. The summed E-state index contributed by atoms with van der Waals surface area (Å²) in [5, 5.41) is 9.82. The van der Waals surface area contributed by atoms with E-state index >= 15 is 0 Å². The van der Waals surface area contributed by atoms with Gasteiger partial charge in [0.05, 0.1) is 0 Å². The molecule has 0 aliphatic heterocycles. The fourth-order valence-corrected chi connectivity index (χ4v) is 0.367.